The summed E-state index contributed by atoms with van der Waals surface area (Å²) in [4.78, 5) is 0.194. The van der Waals surface area contributed by atoms with Gasteiger partial charge in [-0.25, -0.2) is 13.1 Å². The maximum absolute atomic E-state index is 12.5. The van der Waals surface area contributed by atoms with E-state index in [1.54, 1.807) is 36.0 Å². The van der Waals surface area contributed by atoms with Crippen LogP contribution in [0.15, 0.2) is 29.2 Å². The fraction of sp³-hybridized carbons (Fsp3) is 0.571. The van der Waals surface area contributed by atoms with Crippen LogP contribution in [0.4, 0.5) is 5.69 Å². The Morgan fingerprint density at radius 3 is 2.52 bits per heavy atom. The van der Waals surface area contributed by atoms with E-state index in [1.165, 1.54) is 19.3 Å². The molecule has 118 valence electrons. The molecule has 21 heavy (non-hydrogen) atoms. The van der Waals surface area contributed by atoms with Crippen molar-refractivity contribution in [3.63, 3.8) is 0 Å². The zero-order chi connectivity index (χ0) is 15.3. The maximum Gasteiger partial charge on any atom is 0.242 e. The number of thioether (sulfide) groups is 1. The molecular weight excluding hydrogens is 306 g/mol. The van der Waals surface area contributed by atoms with E-state index < -0.39 is 10.0 Å². The molecule has 1 saturated carbocycles. The van der Waals surface area contributed by atoms with Crippen LogP contribution in [0, 0.1) is 0 Å². The van der Waals surface area contributed by atoms with Crippen LogP contribution in [-0.2, 0) is 10.0 Å². The minimum absolute atomic E-state index is 0.0242. The number of nitrogen functional groups attached to an aromatic ring is 1. The number of para-hydroxylation sites is 1. The second kappa shape index (κ2) is 7.00. The highest BCUT2D eigenvalue weighted by atomic mass is 32.2. The molecule has 7 heteroatoms. The second-order valence-corrected chi connectivity index (χ2v) is 8.42. The van der Waals surface area contributed by atoms with Crippen LogP contribution in [0.25, 0.3) is 0 Å². The van der Waals surface area contributed by atoms with E-state index in [1.807, 2.05) is 0 Å². The summed E-state index contributed by atoms with van der Waals surface area (Å²) in [5.41, 5.74) is 2.85. The molecule has 0 unspecified atom stereocenters. The van der Waals surface area contributed by atoms with Gasteiger partial charge in [-0.15, -0.1) is 0 Å². The molecule has 0 spiro atoms. The van der Waals surface area contributed by atoms with Gasteiger partial charge in [0.05, 0.1) is 5.69 Å². The second-order valence-electron chi connectivity index (χ2n) is 5.41. The van der Waals surface area contributed by atoms with Gasteiger partial charge in [-0.2, -0.15) is 11.8 Å². The average Bonchev–Trinajstić information content (AvgIpc) is 2.54. The Labute approximate surface area is 131 Å². The summed E-state index contributed by atoms with van der Waals surface area (Å²) in [7, 11) is -3.56. The van der Waals surface area contributed by atoms with E-state index in [2.05, 4.69) is 16.4 Å². The summed E-state index contributed by atoms with van der Waals surface area (Å²) in [6.45, 7) is 0.468. The molecule has 4 N–H and O–H groups in total. The number of nitrogens with two attached hydrogens (primary N) is 1. The number of rotatable bonds is 6. The van der Waals surface area contributed by atoms with Crippen molar-refractivity contribution in [2.45, 2.75) is 41.7 Å². The van der Waals surface area contributed by atoms with Crippen LogP contribution in [-0.4, -0.2) is 26.0 Å². The third kappa shape index (κ3) is 3.91. The third-order valence-corrected chi connectivity index (χ3v) is 6.99. The quantitative estimate of drug-likeness (QED) is 0.551. The van der Waals surface area contributed by atoms with Crippen LogP contribution in [0.3, 0.4) is 0 Å². The number of hydrogen-bond acceptors (Lipinski definition) is 5. The molecule has 0 heterocycles. The first-order valence-corrected chi connectivity index (χ1v) is 9.84. The van der Waals surface area contributed by atoms with Crippen LogP contribution < -0.4 is 16.0 Å². The summed E-state index contributed by atoms with van der Waals surface area (Å²) >= 11 is 1.77. The van der Waals surface area contributed by atoms with Crippen molar-refractivity contribution in [2.75, 3.05) is 18.2 Å². The summed E-state index contributed by atoms with van der Waals surface area (Å²) in [6.07, 6.45) is 7.78. The normalized spacial score (nSPS) is 18.4. The predicted octanol–water partition coefficient (Wildman–Crippen LogP) is 2.32. The van der Waals surface area contributed by atoms with E-state index in [-0.39, 0.29) is 9.64 Å². The number of benzene rings is 1. The molecule has 5 nitrogen and oxygen atoms in total. The lowest BCUT2D eigenvalue weighted by atomic mass is 9.88. The molecule has 0 saturated heterocycles. The Morgan fingerprint density at radius 2 is 1.90 bits per heavy atom. The van der Waals surface area contributed by atoms with E-state index in [0.29, 0.717) is 12.2 Å². The van der Waals surface area contributed by atoms with E-state index in [0.717, 1.165) is 12.8 Å². The number of hydrazine groups is 1. The molecule has 0 aliphatic heterocycles. The summed E-state index contributed by atoms with van der Waals surface area (Å²) < 4.78 is 27.8. The Hall–Kier alpha value is -0.760. The minimum Gasteiger partial charge on any atom is -0.323 e. The first-order valence-electron chi connectivity index (χ1n) is 7.13. The van der Waals surface area contributed by atoms with Gasteiger partial charge >= 0.3 is 0 Å². The Balaban J connectivity index is 2.14. The zero-order valence-electron chi connectivity index (χ0n) is 12.3. The molecule has 0 atom stereocenters. The molecule has 0 amide bonds. The van der Waals surface area contributed by atoms with E-state index >= 15 is 0 Å². The molecular formula is C14H23N3O2S2. The van der Waals surface area contributed by atoms with Crippen molar-refractivity contribution in [3.05, 3.63) is 24.3 Å². The molecule has 1 fully saturated rings. The Kier molecular flexibility index (Phi) is 5.54. The van der Waals surface area contributed by atoms with Gasteiger partial charge in [0.25, 0.3) is 0 Å². The summed E-state index contributed by atoms with van der Waals surface area (Å²) in [5, 5.41) is 0. The van der Waals surface area contributed by atoms with Gasteiger partial charge in [-0.05, 0) is 31.2 Å². The van der Waals surface area contributed by atoms with Crippen molar-refractivity contribution in [1.29, 1.82) is 0 Å². The average molecular weight is 329 g/mol. The van der Waals surface area contributed by atoms with Crippen molar-refractivity contribution in [3.8, 4) is 0 Å². The molecule has 1 aromatic rings. The molecule has 1 aliphatic rings. The standard InChI is InChI=1S/C14H23N3O2S2/c1-20-14(9-5-2-6-10-14)11-16-21(18,19)13-8-4-3-7-12(13)17-15/h3-4,7-8,16-17H,2,5-6,9-11,15H2,1H3. The summed E-state index contributed by atoms with van der Waals surface area (Å²) in [6, 6.07) is 6.66. The highest BCUT2D eigenvalue weighted by molar-refractivity contribution is 8.00. The van der Waals surface area contributed by atoms with Crippen LogP contribution >= 0.6 is 11.8 Å². The van der Waals surface area contributed by atoms with Crippen molar-refractivity contribution in [1.82, 2.24) is 4.72 Å². The first kappa shape index (κ1) is 16.6. The monoisotopic (exact) mass is 329 g/mol. The lowest BCUT2D eigenvalue weighted by Gasteiger charge is -2.35. The van der Waals surface area contributed by atoms with Crippen LogP contribution in [0.1, 0.15) is 32.1 Å². The van der Waals surface area contributed by atoms with Crippen LogP contribution in [0.5, 0.6) is 0 Å². The lowest BCUT2D eigenvalue weighted by Crippen LogP contribution is -2.41. The SMILES string of the molecule is CSC1(CNS(=O)(=O)c2ccccc2NN)CCCCC1. The topological polar surface area (TPSA) is 84.2 Å². The van der Waals surface area contributed by atoms with Crippen molar-refractivity contribution >= 4 is 27.5 Å². The molecule has 0 aromatic heterocycles. The molecule has 1 aliphatic carbocycles. The van der Waals surface area contributed by atoms with Crippen molar-refractivity contribution < 1.29 is 8.42 Å². The first-order chi connectivity index (χ1) is 10.0. The van der Waals surface area contributed by atoms with Gasteiger partial charge in [0.1, 0.15) is 4.90 Å². The van der Waals surface area contributed by atoms with Gasteiger partial charge in [0.15, 0.2) is 0 Å². The number of nitrogens with one attached hydrogen (secondary N) is 2. The van der Waals surface area contributed by atoms with Gasteiger partial charge in [0.2, 0.25) is 10.0 Å². The molecule has 0 bridgehead atoms. The largest absolute Gasteiger partial charge is 0.323 e. The summed E-state index contributed by atoms with van der Waals surface area (Å²) in [5.74, 6) is 5.39. The number of anilines is 1. The van der Waals surface area contributed by atoms with Gasteiger partial charge in [0, 0.05) is 11.3 Å². The van der Waals surface area contributed by atoms with E-state index in [9.17, 15) is 8.42 Å². The number of sulfonamides is 1. The third-order valence-electron chi connectivity index (χ3n) is 4.11. The fourth-order valence-electron chi connectivity index (χ4n) is 2.77. The number of hydrogen-bond donors (Lipinski definition) is 3. The molecule has 2 rings (SSSR count). The predicted molar refractivity (Wildman–Crippen MR) is 88.8 cm³/mol. The lowest BCUT2D eigenvalue weighted by molar-refractivity contribution is 0.395. The van der Waals surface area contributed by atoms with E-state index in [4.69, 9.17) is 5.84 Å². The molecule has 0 radical (unpaired) electrons. The maximum atomic E-state index is 12.5. The fourth-order valence-corrected chi connectivity index (χ4v) is 5.07. The Morgan fingerprint density at radius 1 is 1.24 bits per heavy atom. The smallest absolute Gasteiger partial charge is 0.242 e. The highest BCUT2D eigenvalue weighted by Gasteiger charge is 2.33. The van der Waals surface area contributed by atoms with Crippen molar-refractivity contribution in [2.24, 2.45) is 5.84 Å². The molecule has 1 aromatic carbocycles. The zero-order valence-corrected chi connectivity index (χ0v) is 13.9. The highest BCUT2D eigenvalue weighted by Crippen LogP contribution is 2.38. The van der Waals surface area contributed by atoms with Gasteiger partial charge in [-0.1, -0.05) is 31.4 Å². The van der Waals surface area contributed by atoms with Gasteiger partial charge < -0.3 is 5.43 Å². The van der Waals surface area contributed by atoms with Gasteiger partial charge in [-0.3, -0.25) is 5.84 Å². The van der Waals surface area contributed by atoms with Crippen LogP contribution in [0.2, 0.25) is 0 Å². The Bertz CT molecular complexity index is 569. The minimum atomic E-state index is -3.56.